The Morgan fingerprint density at radius 3 is 3.00 bits per heavy atom. The van der Waals surface area contributed by atoms with E-state index in [1.165, 1.54) is 0 Å². The molecule has 6 heteroatoms. The third-order valence-electron chi connectivity index (χ3n) is 3.06. The monoisotopic (exact) mass is 219 g/mol. The molecular formula is C10H13N5O. The lowest BCUT2D eigenvalue weighted by Gasteiger charge is -2.34. The molecule has 0 aromatic carbocycles. The van der Waals surface area contributed by atoms with Gasteiger partial charge in [-0.1, -0.05) is 5.16 Å². The van der Waals surface area contributed by atoms with E-state index < -0.39 is 0 Å². The quantitative estimate of drug-likeness (QED) is 0.793. The first-order chi connectivity index (χ1) is 7.76. The van der Waals surface area contributed by atoms with Crippen LogP contribution in [0, 0.1) is 0 Å². The van der Waals surface area contributed by atoms with Crippen molar-refractivity contribution < 1.29 is 4.52 Å². The van der Waals surface area contributed by atoms with E-state index in [2.05, 4.69) is 20.3 Å². The number of nitrogens with one attached hydrogen (secondary N) is 1. The molecule has 2 aromatic heterocycles. The summed E-state index contributed by atoms with van der Waals surface area (Å²) >= 11 is 0. The van der Waals surface area contributed by atoms with Crippen LogP contribution >= 0.6 is 0 Å². The molecular weight excluding hydrogens is 206 g/mol. The molecule has 0 unspecified atom stereocenters. The molecule has 84 valence electrons. The first-order valence-corrected chi connectivity index (χ1v) is 5.36. The molecule has 3 N–H and O–H groups in total. The zero-order valence-electron chi connectivity index (χ0n) is 8.81. The molecule has 3 rings (SSSR count). The molecule has 0 saturated heterocycles. The van der Waals surface area contributed by atoms with E-state index in [0.717, 1.165) is 25.0 Å². The Balaban J connectivity index is 1.78. The number of nitrogens with zero attached hydrogens (tertiary/aromatic N) is 3. The van der Waals surface area contributed by atoms with Crippen molar-refractivity contribution in [1.29, 1.82) is 0 Å². The number of aromatic amines is 1. The van der Waals surface area contributed by atoms with E-state index in [4.69, 9.17) is 10.3 Å². The lowest BCUT2D eigenvalue weighted by molar-refractivity contribution is 0.229. The maximum absolute atomic E-state index is 6.11. The van der Waals surface area contributed by atoms with Crippen molar-refractivity contribution >= 4 is 0 Å². The summed E-state index contributed by atoms with van der Waals surface area (Å²) in [6.45, 7) is 0. The molecule has 1 aliphatic carbocycles. The second-order valence-electron chi connectivity index (χ2n) is 4.28. The molecule has 1 aliphatic rings. The Morgan fingerprint density at radius 1 is 1.50 bits per heavy atom. The maximum atomic E-state index is 6.11. The van der Waals surface area contributed by atoms with Crippen LogP contribution in [0.15, 0.2) is 16.8 Å². The lowest BCUT2D eigenvalue weighted by atomic mass is 9.77. The zero-order valence-corrected chi connectivity index (χ0v) is 8.81. The van der Waals surface area contributed by atoms with Gasteiger partial charge < -0.3 is 10.3 Å². The van der Waals surface area contributed by atoms with Gasteiger partial charge in [0.15, 0.2) is 5.82 Å². The maximum Gasteiger partial charge on any atom is 0.232 e. The summed E-state index contributed by atoms with van der Waals surface area (Å²) in [5, 5.41) is 10.7. The van der Waals surface area contributed by atoms with Crippen LogP contribution in [0.3, 0.4) is 0 Å². The Labute approximate surface area is 92.2 Å². The highest BCUT2D eigenvalue weighted by Gasteiger charge is 2.38. The molecule has 1 saturated carbocycles. The van der Waals surface area contributed by atoms with Crippen LogP contribution in [0.1, 0.15) is 36.7 Å². The van der Waals surface area contributed by atoms with Crippen LogP contribution in [-0.2, 0) is 12.0 Å². The summed E-state index contributed by atoms with van der Waals surface area (Å²) < 4.78 is 5.17. The molecule has 1 fully saturated rings. The highest BCUT2D eigenvalue weighted by atomic mass is 16.5. The van der Waals surface area contributed by atoms with Crippen molar-refractivity contribution in [2.24, 2.45) is 5.73 Å². The molecule has 0 spiro atoms. The Bertz CT molecular complexity index is 471. The number of H-pyrrole nitrogens is 1. The van der Waals surface area contributed by atoms with Crippen LogP contribution in [0.25, 0.3) is 0 Å². The first kappa shape index (κ1) is 9.53. The Morgan fingerprint density at radius 2 is 2.38 bits per heavy atom. The minimum Gasteiger partial charge on any atom is -0.339 e. The molecule has 0 atom stereocenters. The normalized spacial score (nSPS) is 18.3. The number of hydrogen-bond donors (Lipinski definition) is 2. The number of rotatable bonds is 3. The standard InChI is InChI=1S/C10H13N5O/c11-10(3-1-4-10)9-13-8(16-15-9)6-7-2-5-12-14-7/h2,5H,1,3-4,6,11H2,(H,12,14). The van der Waals surface area contributed by atoms with Gasteiger partial charge in [-0.05, 0) is 25.3 Å². The minimum atomic E-state index is -0.351. The second-order valence-corrected chi connectivity index (χ2v) is 4.28. The molecule has 2 heterocycles. The largest absolute Gasteiger partial charge is 0.339 e. The van der Waals surface area contributed by atoms with Gasteiger partial charge >= 0.3 is 0 Å². The second kappa shape index (κ2) is 3.41. The van der Waals surface area contributed by atoms with Gasteiger partial charge in [-0.3, -0.25) is 5.10 Å². The first-order valence-electron chi connectivity index (χ1n) is 5.36. The van der Waals surface area contributed by atoms with Crippen molar-refractivity contribution in [1.82, 2.24) is 20.3 Å². The highest BCUT2D eigenvalue weighted by molar-refractivity contribution is 5.11. The van der Waals surface area contributed by atoms with Gasteiger partial charge in [0, 0.05) is 11.9 Å². The third kappa shape index (κ3) is 1.51. The summed E-state index contributed by atoms with van der Waals surface area (Å²) in [4.78, 5) is 4.33. The van der Waals surface area contributed by atoms with Crippen LogP contribution < -0.4 is 5.73 Å². The van der Waals surface area contributed by atoms with Crippen molar-refractivity contribution in [2.45, 2.75) is 31.2 Å². The van der Waals surface area contributed by atoms with Gasteiger partial charge in [-0.15, -0.1) is 0 Å². The van der Waals surface area contributed by atoms with Gasteiger partial charge in [0.05, 0.1) is 12.0 Å². The summed E-state index contributed by atoms with van der Waals surface area (Å²) in [6.07, 6.45) is 5.29. The highest BCUT2D eigenvalue weighted by Crippen LogP contribution is 2.36. The van der Waals surface area contributed by atoms with Crippen molar-refractivity contribution in [3.63, 3.8) is 0 Å². The van der Waals surface area contributed by atoms with Crippen LogP contribution in [-0.4, -0.2) is 20.3 Å². The van der Waals surface area contributed by atoms with E-state index >= 15 is 0 Å². The molecule has 0 amide bonds. The van der Waals surface area contributed by atoms with Gasteiger partial charge in [0.1, 0.15) is 0 Å². The lowest BCUT2D eigenvalue weighted by Crippen LogP contribution is -2.44. The van der Waals surface area contributed by atoms with Crippen molar-refractivity contribution in [3.05, 3.63) is 29.7 Å². The fourth-order valence-electron chi connectivity index (χ4n) is 1.86. The molecule has 2 aromatic rings. The molecule has 16 heavy (non-hydrogen) atoms. The molecule has 0 aliphatic heterocycles. The van der Waals surface area contributed by atoms with Gasteiger partial charge in [-0.25, -0.2) is 0 Å². The predicted molar refractivity (Wildman–Crippen MR) is 55.4 cm³/mol. The summed E-state index contributed by atoms with van der Waals surface area (Å²) in [5.41, 5.74) is 6.71. The average Bonchev–Trinajstić information content (AvgIpc) is 2.86. The summed E-state index contributed by atoms with van der Waals surface area (Å²) in [7, 11) is 0. The summed E-state index contributed by atoms with van der Waals surface area (Å²) in [5.74, 6) is 1.21. The molecule has 0 radical (unpaired) electrons. The van der Waals surface area contributed by atoms with Gasteiger partial charge in [0.2, 0.25) is 5.89 Å². The third-order valence-corrected chi connectivity index (χ3v) is 3.06. The zero-order chi connectivity index (χ0) is 11.0. The SMILES string of the molecule is NC1(c2noc(Cc3ccn[nH]3)n2)CCC1. The molecule has 6 nitrogen and oxygen atoms in total. The van der Waals surface area contributed by atoms with E-state index in [1.54, 1.807) is 6.20 Å². The van der Waals surface area contributed by atoms with E-state index in [0.29, 0.717) is 18.1 Å². The van der Waals surface area contributed by atoms with E-state index in [-0.39, 0.29) is 5.54 Å². The minimum absolute atomic E-state index is 0.351. The van der Waals surface area contributed by atoms with Crippen LogP contribution in [0.4, 0.5) is 0 Å². The number of hydrogen-bond acceptors (Lipinski definition) is 5. The summed E-state index contributed by atoms with van der Waals surface area (Å²) in [6, 6.07) is 1.88. The Hall–Kier alpha value is -1.69. The topological polar surface area (TPSA) is 93.6 Å². The number of aromatic nitrogens is 4. The number of nitrogens with two attached hydrogens (primary N) is 1. The van der Waals surface area contributed by atoms with Gasteiger partial charge in [0.25, 0.3) is 0 Å². The van der Waals surface area contributed by atoms with Crippen LogP contribution in [0.2, 0.25) is 0 Å². The predicted octanol–water partition coefficient (Wildman–Crippen LogP) is 0.721. The average molecular weight is 219 g/mol. The van der Waals surface area contributed by atoms with E-state index in [1.807, 2.05) is 6.07 Å². The molecule has 0 bridgehead atoms. The van der Waals surface area contributed by atoms with Crippen molar-refractivity contribution in [3.8, 4) is 0 Å². The van der Waals surface area contributed by atoms with Crippen molar-refractivity contribution in [2.75, 3.05) is 0 Å². The fourth-order valence-corrected chi connectivity index (χ4v) is 1.86. The fraction of sp³-hybridized carbons (Fsp3) is 0.500. The smallest absolute Gasteiger partial charge is 0.232 e. The van der Waals surface area contributed by atoms with Gasteiger partial charge in [-0.2, -0.15) is 10.1 Å². The van der Waals surface area contributed by atoms with Crippen LogP contribution in [0.5, 0.6) is 0 Å². The van der Waals surface area contributed by atoms with E-state index in [9.17, 15) is 0 Å². The Kier molecular flexibility index (Phi) is 2.03.